The van der Waals surface area contributed by atoms with E-state index in [1.165, 1.54) is 51.4 Å². The molecule has 2 heteroatoms. The fraction of sp³-hybridized carbons (Fsp3) is 1.00. The standard InChI is InChI=1S/C14H25NO/c1-11-8-13(9-11)15-12-4-7-16-14(10-12)5-2-3-6-14/h11-13,15H,2-10H2,1H3. The van der Waals surface area contributed by atoms with E-state index in [4.69, 9.17) is 4.74 Å². The summed E-state index contributed by atoms with van der Waals surface area (Å²) in [6, 6.07) is 1.56. The van der Waals surface area contributed by atoms with Gasteiger partial charge in [0.2, 0.25) is 0 Å². The molecule has 3 fully saturated rings. The van der Waals surface area contributed by atoms with Gasteiger partial charge in [-0.25, -0.2) is 0 Å². The number of rotatable bonds is 2. The third-order valence-electron chi connectivity index (χ3n) is 4.85. The van der Waals surface area contributed by atoms with Crippen LogP contribution < -0.4 is 5.32 Å². The van der Waals surface area contributed by atoms with E-state index in [0.29, 0.717) is 0 Å². The maximum absolute atomic E-state index is 6.07. The van der Waals surface area contributed by atoms with Gasteiger partial charge in [-0.3, -0.25) is 0 Å². The van der Waals surface area contributed by atoms with Gasteiger partial charge in [-0.2, -0.15) is 0 Å². The molecule has 0 aromatic rings. The Morgan fingerprint density at radius 1 is 1.12 bits per heavy atom. The Morgan fingerprint density at radius 2 is 1.88 bits per heavy atom. The molecule has 2 saturated carbocycles. The Hall–Kier alpha value is -0.0800. The highest BCUT2D eigenvalue weighted by Gasteiger charge is 2.40. The van der Waals surface area contributed by atoms with Gasteiger partial charge < -0.3 is 10.1 Å². The first-order valence-corrected chi connectivity index (χ1v) is 7.16. The van der Waals surface area contributed by atoms with Gasteiger partial charge in [-0.15, -0.1) is 0 Å². The van der Waals surface area contributed by atoms with E-state index < -0.39 is 0 Å². The van der Waals surface area contributed by atoms with Crippen molar-refractivity contribution in [2.75, 3.05) is 6.61 Å². The molecule has 0 bridgehead atoms. The number of hydrogen-bond donors (Lipinski definition) is 1. The lowest BCUT2D eigenvalue weighted by atomic mass is 9.80. The highest BCUT2D eigenvalue weighted by atomic mass is 16.5. The first kappa shape index (κ1) is 11.0. The zero-order valence-corrected chi connectivity index (χ0v) is 10.5. The van der Waals surface area contributed by atoms with Crippen LogP contribution in [0, 0.1) is 5.92 Å². The number of ether oxygens (including phenoxy) is 1. The summed E-state index contributed by atoms with van der Waals surface area (Å²) in [7, 11) is 0. The van der Waals surface area contributed by atoms with Gasteiger partial charge in [-0.1, -0.05) is 19.8 Å². The lowest BCUT2D eigenvalue weighted by Gasteiger charge is -2.43. The van der Waals surface area contributed by atoms with Gasteiger partial charge in [0.25, 0.3) is 0 Å². The Bertz CT molecular complexity index is 241. The second-order valence-electron chi connectivity index (χ2n) is 6.37. The first-order chi connectivity index (χ1) is 7.76. The first-order valence-electron chi connectivity index (χ1n) is 7.16. The Balaban J connectivity index is 1.52. The number of nitrogens with one attached hydrogen (secondary N) is 1. The van der Waals surface area contributed by atoms with E-state index in [2.05, 4.69) is 12.2 Å². The topological polar surface area (TPSA) is 21.3 Å². The Morgan fingerprint density at radius 3 is 2.56 bits per heavy atom. The van der Waals surface area contributed by atoms with Crippen LogP contribution in [0.25, 0.3) is 0 Å². The van der Waals surface area contributed by atoms with Crippen molar-refractivity contribution in [1.82, 2.24) is 5.32 Å². The molecular formula is C14H25NO. The second kappa shape index (κ2) is 4.30. The van der Waals surface area contributed by atoms with Gasteiger partial charge >= 0.3 is 0 Å². The molecule has 1 aliphatic heterocycles. The monoisotopic (exact) mass is 223 g/mol. The molecule has 3 aliphatic rings. The molecule has 1 N–H and O–H groups in total. The second-order valence-corrected chi connectivity index (χ2v) is 6.37. The normalized spacial score (nSPS) is 42.2. The highest BCUT2D eigenvalue weighted by Crippen LogP contribution is 2.40. The van der Waals surface area contributed by atoms with Gasteiger partial charge in [0.15, 0.2) is 0 Å². The summed E-state index contributed by atoms with van der Waals surface area (Å²) in [5.41, 5.74) is 0.283. The van der Waals surface area contributed by atoms with Gasteiger partial charge in [-0.05, 0) is 44.4 Å². The Kier molecular flexibility index (Phi) is 2.97. The third-order valence-corrected chi connectivity index (χ3v) is 4.85. The van der Waals surface area contributed by atoms with Crippen molar-refractivity contribution >= 4 is 0 Å². The molecule has 1 atom stereocenters. The fourth-order valence-corrected chi connectivity index (χ4v) is 3.91. The zero-order chi connectivity index (χ0) is 11.0. The van der Waals surface area contributed by atoms with Crippen LogP contribution in [0.15, 0.2) is 0 Å². The summed E-state index contributed by atoms with van der Waals surface area (Å²) in [6.45, 7) is 3.35. The maximum atomic E-state index is 6.07. The van der Waals surface area contributed by atoms with Crippen LogP contribution in [0.2, 0.25) is 0 Å². The molecule has 0 aromatic carbocycles. The van der Waals surface area contributed by atoms with E-state index in [1.807, 2.05) is 0 Å². The SMILES string of the molecule is CC1CC(NC2CCOC3(CCCC3)C2)C1. The predicted octanol–water partition coefficient (Wildman–Crippen LogP) is 2.87. The lowest BCUT2D eigenvalue weighted by Crippen LogP contribution is -2.51. The van der Waals surface area contributed by atoms with Crippen LogP contribution in [-0.2, 0) is 4.74 Å². The molecule has 2 nitrogen and oxygen atoms in total. The zero-order valence-electron chi connectivity index (χ0n) is 10.5. The van der Waals surface area contributed by atoms with Crippen molar-refractivity contribution in [2.45, 2.75) is 76.0 Å². The van der Waals surface area contributed by atoms with Crippen LogP contribution in [0.4, 0.5) is 0 Å². The maximum Gasteiger partial charge on any atom is 0.0697 e. The van der Waals surface area contributed by atoms with E-state index in [9.17, 15) is 0 Å². The van der Waals surface area contributed by atoms with Crippen molar-refractivity contribution < 1.29 is 4.74 Å². The predicted molar refractivity (Wildman–Crippen MR) is 65.5 cm³/mol. The summed E-state index contributed by atoms with van der Waals surface area (Å²) in [5, 5.41) is 3.86. The molecule has 3 rings (SSSR count). The van der Waals surface area contributed by atoms with Crippen LogP contribution in [0.5, 0.6) is 0 Å². The minimum atomic E-state index is 0.283. The fourth-order valence-electron chi connectivity index (χ4n) is 3.91. The molecule has 16 heavy (non-hydrogen) atoms. The van der Waals surface area contributed by atoms with Crippen LogP contribution in [0.3, 0.4) is 0 Å². The smallest absolute Gasteiger partial charge is 0.0697 e. The largest absolute Gasteiger partial charge is 0.375 e. The number of hydrogen-bond acceptors (Lipinski definition) is 2. The average Bonchev–Trinajstić information content (AvgIpc) is 2.64. The summed E-state index contributed by atoms with van der Waals surface area (Å²) in [5.74, 6) is 0.956. The molecule has 1 saturated heterocycles. The van der Waals surface area contributed by atoms with Crippen LogP contribution in [-0.4, -0.2) is 24.3 Å². The summed E-state index contributed by atoms with van der Waals surface area (Å²) in [4.78, 5) is 0. The highest BCUT2D eigenvalue weighted by molar-refractivity contribution is 4.95. The van der Waals surface area contributed by atoms with Gasteiger partial charge in [0, 0.05) is 18.7 Å². The van der Waals surface area contributed by atoms with Gasteiger partial charge in [0.1, 0.15) is 0 Å². The minimum Gasteiger partial charge on any atom is -0.375 e. The Labute approximate surface area is 99.1 Å². The molecule has 1 spiro atoms. The lowest BCUT2D eigenvalue weighted by molar-refractivity contribution is -0.0862. The van der Waals surface area contributed by atoms with E-state index in [0.717, 1.165) is 24.6 Å². The quantitative estimate of drug-likeness (QED) is 0.777. The molecule has 0 aromatic heterocycles. The molecular weight excluding hydrogens is 198 g/mol. The van der Waals surface area contributed by atoms with Crippen molar-refractivity contribution in [1.29, 1.82) is 0 Å². The summed E-state index contributed by atoms with van der Waals surface area (Å²) >= 11 is 0. The van der Waals surface area contributed by atoms with Crippen molar-refractivity contribution in [2.24, 2.45) is 5.92 Å². The summed E-state index contributed by atoms with van der Waals surface area (Å²) < 4.78 is 6.07. The molecule has 2 aliphatic carbocycles. The molecule has 1 heterocycles. The molecule has 0 amide bonds. The third kappa shape index (κ3) is 2.14. The van der Waals surface area contributed by atoms with Crippen molar-refractivity contribution in [3.05, 3.63) is 0 Å². The molecule has 0 radical (unpaired) electrons. The van der Waals surface area contributed by atoms with E-state index in [1.54, 1.807) is 0 Å². The van der Waals surface area contributed by atoms with E-state index in [-0.39, 0.29) is 5.60 Å². The van der Waals surface area contributed by atoms with Crippen LogP contribution in [0.1, 0.15) is 58.3 Å². The minimum absolute atomic E-state index is 0.283. The van der Waals surface area contributed by atoms with Crippen molar-refractivity contribution in [3.63, 3.8) is 0 Å². The van der Waals surface area contributed by atoms with Crippen molar-refractivity contribution in [3.8, 4) is 0 Å². The van der Waals surface area contributed by atoms with E-state index >= 15 is 0 Å². The average molecular weight is 223 g/mol. The van der Waals surface area contributed by atoms with Gasteiger partial charge in [0.05, 0.1) is 5.60 Å². The molecule has 1 unspecified atom stereocenters. The molecule has 92 valence electrons. The summed E-state index contributed by atoms with van der Waals surface area (Å²) in [6.07, 6.45) is 10.7. The van der Waals surface area contributed by atoms with Crippen LogP contribution >= 0.6 is 0 Å².